The molecule has 1 saturated heterocycles. The van der Waals surface area contributed by atoms with Gasteiger partial charge in [0.15, 0.2) is 0 Å². The fraction of sp³-hybridized carbons (Fsp3) is 0.875. The molecule has 1 aliphatic heterocycles. The molecule has 3 nitrogen and oxygen atoms in total. The standard InChI is InChI=1S/C8H13F2NO2/c1-11-4-6(2-3-7(12)13)8(9,10)5-11/h6H,2-5H2,1H3,(H,12,13). The molecule has 0 aromatic heterocycles. The lowest BCUT2D eigenvalue weighted by molar-refractivity contribution is -0.137. The van der Waals surface area contributed by atoms with E-state index in [0.29, 0.717) is 6.54 Å². The quantitative estimate of drug-likeness (QED) is 0.728. The van der Waals surface area contributed by atoms with Gasteiger partial charge < -0.3 is 10.0 Å². The summed E-state index contributed by atoms with van der Waals surface area (Å²) in [5.41, 5.74) is 0. The largest absolute Gasteiger partial charge is 0.481 e. The molecule has 0 saturated carbocycles. The average molecular weight is 193 g/mol. The third-order valence-electron chi connectivity index (χ3n) is 2.32. The summed E-state index contributed by atoms with van der Waals surface area (Å²) in [7, 11) is 1.62. The highest BCUT2D eigenvalue weighted by Gasteiger charge is 2.46. The zero-order chi connectivity index (χ0) is 10.1. The maximum absolute atomic E-state index is 13.1. The van der Waals surface area contributed by atoms with E-state index >= 15 is 0 Å². The smallest absolute Gasteiger partial charge is 0.303 e. The van der Waals surface area contributed by atoms with Gasteiger partial charge in [-0.2, -0.15) is 0 Å². The molecule has 0 aromatic carbocycles. The minimum Gasteiger partial charge on any atom is -0.481 e. The van der Waals surface area contributed by atoms with E-state index in [4.69, 9.17) is 5.11 Å². The first kappa shape index (κ1) is 10.4. The van der Waals surface area contributed by atoms with Crippen molar-refractivity contribution < 1.29 is 18.7 Å². The van der Waals surface area contributed by atoms with Gasteiger partial charge in [-0.25, -0.2) is 8.78 Å². The van der Waals surface area contributed by atoms with E-state index in [-0.39, 0.29) is 19.4 Å². The van der Waals surface area contributed by atoms with E-state index in [9.17, 15) is 13.6 Å². The number of carboxylic acids is 1. The van der Waals surface area contributed by atoms with Crippen LogP contribution in [0.3, 0.4) is 0 Å². The van der Waals surface area contributed by atoms with Gasteiger partial charge in [0.2, 0.25) is 0 Å². The molecule has 0 aliphatic carbocycles. The van der Waals surface area contributed by atoms with Gasteiger partial charge >= 0.3 is 5.97 Å². The molecule has 1 rings (SSSR count). The normalized spacial score (nSPS) is 27.8. The Labute approximate surface area is 75.3 Å². The molecule has 1 fully saturated rings. The molecule has 1 aliphatic rings. The highest BCUT2D eigenvalue weighted by Crippen LogP contribution is 2.34. The summed E-state index contributed by atoms with van der Waals surface area (Å²) in [4.78, 5) is 11.7. The first-order valence-electron chi connectivity index (χ1n) is 4.20. The van der Waals surface area contributed by atoms with Gasteiger partial charge in [0.05, 0.1) is 6.54 Å². The second-order valence-electron chi connectivity index (χ2n) is 3.59. The Bertz CT molecular complexity index is 208. The van der Waals surface area contributed by atoms with E-state index in [0.717, 1.165) is 0 Å². The highest BCUT2D eigenvalue weighted by molar-refractivity contribution is 5.66. The van der Waals surface area contributed by atoms with Crippen molar-refractivity contribution in [3.63, 3.8) is 0 Å². The Morgan fingerprint density at radius 1 is 1.69 bits per heavy atom. The Balaban J connectivity index is 2.45. The molecule has 1 unspecified atom stereocenters. The van der Waals surface area contributed by atoms with Crippen LogP contribution in [0.1, 0.15) is 12.8 Å². The zero-order valence-corrected chi connectivity index (χ0v) is 7.46. The second kappa shape index (κ2) is 3.57. The lowest BCUT2D eigenvalue weighted by atomic mass is 9.99. The predicted molar refractivity (Wildman–Crippen MR) is 42.8 cm³/mol. The molecule has 0 bridgehead atoms. The molecule has 1 heterocycles. The molecule has 0 aromatic rings. The molecular weight excluding hydrogens is 180 g/mol. The Morgan fingerprint density at radius 3 is 2.69 bits per heavy atom. The Hall–Kier alpha value is -0.710. The molecule has 1 atom stereocenters. The van der Waals surface area contributed by atoms with Crippen molar-refractivity contribution in [3.8, 4) is 0 Å². The molecular formula is C8H13F2NO2. The first-order valence-corrected chi connectivity index (χ1v) is 4.20. The number of hydrogen-bond donors (Lipinski definition) is 1. The van der Waals surface area contributed by atoms with Crippen molar-refractivity contribution in [3.05, 3.63) is 0 Å². The van der Waals surface area contributed by atoms with Crippen molar-refractivity contribution in [2.45, 2.75) is 18.8 Å². The van der Waals surface area contributed by atoms with Crippen LogP contribution in [0.25, 0.3) is 0 Å². The minimum absolute atomic E-state index is 0.0622. The zero-order valence-electron chi connectivity index (χ0n) is 7.46. The maximum Gasteiger partial charge on any atom is 0.303 e. The number of alkyl halides is 2. The monoisotopic (exact) mass is 193 g/mol. The van der Waals surface area contributed by atoms with Gasteiger partial charge in [-0.1, -0.05) is 0 Å². The topological polar surface area (TPSA) is 40.5 Å². The van der Waals surface area contributed by atoms with Gasteiger partial charge in [-0.15, -0.1) is 0 Å². The van der Waals surface area contributed by atoms with E-state index in [1.807, 2.05) is 0 Å². The summed E-state index contributed by atoms with van der Waals surface area (Å²) < 4.78 is 26.2. The Kier molecular flexibility index (Phi) is 2.85. The summed E-state index contributed by atoms with van der Waals surface area (Å²) in [6.07, 6.45) is -0.110. The van der Waals surface area contributed by atoms with E-state index in [1.165, 1.54) is 4.90 Å². The minimum atomic E-state index is -2.72. The first-order chi connectivity index (χ1) is 5.92. The number of carboxylic acid groups (broad SMARTS) is 1. The van der Waals surface area contributed by atoms with Crippen molar-refractivity contribution in [1.29, 1.82) is 0 Å². The molecule has 76 valence electrons. The number of carbonyl (C=O) groups is 1. The lowest BCUT2D eigenvalue weighted by Gasteiger charge is -2.15. The SMILES string of the molecule is CN1CC(CCC(=O)O)C(F)(F)C1. The number of likely N-dealkylation sites (tertiary alicyclic amines) is 1. The van der Waals surface area contributed by atoms with Crippen LogP contribution in [0.2, 0.25) is 0 Å². The maximum atomic E-state index is 13.1. The highest BCUT2D eigenvalue weighted by atomic mass is 19.3. The van der Waals surface area contributed by atoms with Gasteiger partial charge in [0, 0.05) is 18.9 Å². The number of aliphatic carboxylic acids is 1. The number of halogens is 2. The molecule has 1 N–H and O–H groups in total. The van der Waals surface area contributed by atoms with Crippen LogP contribution in [-0.4, -0.2) is 42.0 Å². The van der Waals surface area contributed by atoms with Crippen molar-refractivity contribution in [1.82, 2.24) is 4.90 Å². The van der Waals surface area contributed by atoms with Crippen LogP contribution in [-0.2, 0) is 4.79 Å². The summed E-state index contributed by atoms with van der Waals surface area (Å²) in [5, 5.41) is 8.35. The van der Waals surface area contributed by atoms with E-state index in [2.05, 4.69) is 0 Å². The van der Waals surface area contributed by atoms with Gasteiger partial charge in [-0.05, 0) is 13.5 Å². The van der Waals surface area contributed by atoms with Crippen LogP contribution in [0.15, 0.2) is 0 Å². The van der Waals surface area contributed by atoms with E-state index < -0.39 is 17.8 Å². The summed E-state index contributed by atoms with van der Waals surface area (Å²) in [6, 6.07) is 0. The average Bonchev–Trinajstić information content (AvgIpc) is 2.19. The molecule has 0 radical (unpaired) electrons. The molecule has 5 heteroatoms. The van der Waals surface area contributed by atoms with Crippen LogP contribution >= 0.6 is 0 Å². The van der Waals surface area contributed by atoms with Gasteiger partial charge in [0.25, 0.3) is 5.92 Å². The van der Waals surface area contributed by atoms with Crippen molar-refractivity contribution in [2.75, 3.05) is 20.1 Å². The molecule has 0 spiro atoms. The third-order valence-corrected chi connectivity index (χ3v) is 2.32. The lowest BCUT2D eigenvalue weighted by Crippen LogP contribution is -2.27. The van der Waals surface area contributed by atoms with Crippen LogP contribution in [0, 0.1) is 5.92 Å². The fourth-order valence-corrected chi connectivity index (χ4v) is 1.66. The summed E-state index contributed by atoms with van der Waals surface area (Å²) in [6.45, 7) is 0.0393. The van der Waals surface area contributed by atoms with Crippen LogP contribution in [0.5, 0.6) is 0 Å². The van der Waals surface area contributed by atoms with Crippen molar-refractivity contribution >= 4 is 5.97 Å². The summed E-state index contributed by atoms with van der Waals surface area (Å²) in [5.74, 6) is -4.52. The number of rotatable bonds is 3. The molecule has 13 heavy (non-hydrogen) atoms. The second-order valence-corrected chi connectivity index (χ2v) is 3.59. The van der Waals surface area contributed by atoms with Crippen LogP contribution in [0.4, 0.5) is 8.78 Å². The molecule has 0 amide bonds. The number of hydrogen-bond acceptors (Lipinski definition) is 2. The van der Waals surface area contributed by atoms with Gasteiger partial charge in [0.1, 0.15) is 0 Å². The predicted octanol–water partition coefficient (Wildman–Crippen LogP) is 1.05. The third kappa shape index (κ3) is 2.62. The van der Waals surface area contributed by atoms with E-state index in [1.54, 1.807) is 7.05 Å². The summed E-state index contributed by atoms with van der Waals surface area (Å²) >= 11 is 0. The Morgan fingerprint density at radius 2 is 2.31 bits per heavy atom. The number of nitrogens with zero attached hydrogens (tertiary/aromatic N) is 1. The fourth-order valence-electron chi connectivity index (χ4n) is 1.66. The van der Waals surface area contributed by atoms with Gasteiger partial charge in [-0.3, -0.25) is 4.79 Å². The van der Waals surface area contributed by atoms with Crippen LogP contribution < -0.4 is 0 Å². The van der Waals surface area contributed by atoms with Crippen molar-refractivity contribution in [2.24, 2.45) is 5.92 Å².